The van der Waals surface area contributed by atoms with Crippen molar-refractivity contribution in [2.75, 3.05) is 18.0 Å². The molecule has 0 spiro atoms. The van der Waals surface area contributed by atoms with E-state index in [9.17, 15) is 0 Å². The third-order valence-corrected chi connectivity index (χ3v) is 4.90. The number of hydrogen-bond donors (Lipinski definition) is 0. The molecule has 4 rings (SSSR count). The molecule has 26 heavy (non-hydrogen) atoms. The smallest absolute Gasteiger partial charge is 0.100 e. The second kappa shape index (κ2) is 7.04. The van der Waals surface area contributed by atoms with Crippen LogP contribution in [-0.4, -0.2) is 22.6 Å². The third kappa shape index (κ3) is 2.76. The van der Waals surface area contributed by atoms with E-state index < -0.39 is 0 Å². The maximum atomic E-state index is 4.63. The minimum Gasteiger partial charge on any atom is -0.370 e. The molecule has 0 unspecified atom stereocenters. The Morgan fingerprint density at radius 3 is 2.31 bits per heavy atom. The zero-order chi connectivity index (χ0) is 17.9. The number of rotatable bonds is 5. The molecule has 1 aromatic heterocycles. The van der Waals surface area contributed by atoms with Crippen molar-refractivity contribution in [3.63, 3.8) is 0 Å². The van der Waals surface area contributed by atoms with Gasteiger partial charge in [0.05, 0.1) is 22.4 Å². The first kappa shape index (κ1) is 16.4. The lowest BCUT2D eigenvalue weighted by molar-refractivity contribution is 0.859. The minimum absolute atomic E-state index is 0.967. The molecule has 3 nitrogen and oxygen atoms in total. The van der Waals surface area contributed by atoms with Crippen molar-refractivity contribution in [3.05, 3.63) is 79.1 Å². The van der Waals surface area contributed by atoms with Gasteiger partial charge in [0.15, 0.2) is 0 Å². The predicted octanol–water partition coefficient (Wildman–Crippen LogP) is 5.54. The molecule has 0 saturated heterocycles. The van der Waals surface area contributed by atoms with Crippen LogP contribution in [0.15, 0.2) is 79.1 Å². The molecule has 0 aliphatic rings. The van der Waals surface area contributed by atoms with Crippen LogP contribution in [0.1, 0.15) is 13.8 Å². The zero-order valence-electron chi connectivity index (χ0n) is 15.3. The Bertz CT molecular complexity index is 1010. The zero-order valence-corrected chi connectivity index (χ0v) is 15.3. The van der Waals surface area contributed by atoms with E-state index in [4.69, 9.17) is 0 Å². The van der Waals surface area contributed by atoms with Gasteiger partial charge in [-0.05, 0) is 37.6 Å². The summed E-state index contributed by atoms with van der Waals surface area (Å²) in [5.41, 5.74) is 7.01. The van der Waals surface area contributed by atoms with Crippen LogP contribution in [0.2, 0.25) is 0 Å². The Labute approximate surface area is 154 Å². The van der Waals surface area contributed by atoms with Gasteiger partial charge in [-0.2, -0.15) is 0 Å². The highest BCUT2D eigenvalue weighted by molar-refractivity contribution is 5.87. The van der Waals surface area contributed by atoms with Crippen LogP contribution in [0.3, 0.4) is 0 Å². The maximum Gasteiger partial charge on any atom is 0.100 e. The molecule has 4 aromatic rings. The summed E-state index contributed by atoms with van der Waals surface area (Å²) in [6.45, 7) is 6.34. The van der Waals surface area contributed by atoms with Crippen LogP contribution < -0.4 is 4.90 Å². The summed E-state index contributed by atoms with van der Waals surface area (Å²) in [6, 6.07) is 25.5. The molecule has 0 aliphatic heterocycles. The lowest BCUT2D eigenvalue weighted by atomic mass is 10.0. The van der Waals surface area contributed by atoms with Gasteiger partial charge in [-0.1, -0.05) is 54.6 Å². The predicted molar refractivity (Wildman–Crippen MR) is 110 cm³/mol. The van der Waals surface area contributed by atoms with Crippen LogP contribution in [0.25, 0.3) is 27.8 Å². The van der Waals surface area contributed by atoms with Crippen molar-refractivity contribution in [1.82, 2.24) is 9.55 Å². The Kier molecular flexibility index (Phi) is 4.44. The molecule has 3 aromatic carbocycles. The van der Waals surface area contributed by atoms with Crippen molar-refractivity contribution >= 4 is 16.7 Å². The first-order valence-corrected chi connectivity index (χ1v) is 9.19. The lowest BCUT2D eigenvalue weighted by Crippen LogP contribution is -2.23. The minimum atomic E-state index is 0.967. The Balaban J connectivity index is 2.04. The second-order valence-electron chi connectivity index (χ2n) is 6.31. The van der Waals surface area contributed by atoms with Crippen LogP contribution >= 0.6 is 0 Å². The number of aromatic nitrogens is 2. The highest BCUT2D eigenvalue weighted by Crippen LogP contribution is 2.36. The van der Waals surface area contributed by atoms with Gasteiger partial charge in [0.2, 0.25) is 0 Å². The van der Waals surface area contributed by atoms with Gasteiger partial charge in [-0.15, -0.1) is 0 Å². The fraction of sp³-hybridized carbons (Fsp3) is 0.174. The summed E-state index contributed by atoms with van der Waals surface area (Å²) in [5, 5.41) is 0. The highest BCUT2D eigenvalue weighted by Gasteiger charge is 2.17. The molecular formula is C23H23N3. The molecule has 0 amide bonds. The Hall–Kier alpha value is -3.07. The molecule has 0 fully saturated rings. The van der Waals surface area contributed by atoms with Crippen molar-refractivity contribution in [3.8, 4) is 16.8 Å². The van der Waals surface area contributed by atoms with Gasteiger partial charge >= 0.3 is 0 Å². The van der Waals surface area contributed by atoms with E-state index in [0.29, 0.717) is 0 Å². The van der Waals surface area contributed by atoms with E-state index in [2.05, 4.69) is 95.0 Å². The first-order chi connectivity index (χ1) is 12.8. The summed E-state index contributed by atoms with van der Waals surface area (Å²) in [6.07, 6.45) is 1.94. The number of para-hydroxylation sites is 3. The standard InChI is InChI=1S/C23H23N3/c1-3-25(4-2)22-16-10-13-19(18-11-6-5-7-12-18)23(22)26-17-24-20-14-8-9-15-21(20)26/h5-17H,3-4H2,1-2H3. The lowest BCUT2D eigenvalue weighted by Gasteiger charge is -2.26. The van der Waals surface area contributed by atoms with Gasteiger partial charge in [0.1, 0.15) is 6.33 Å². The molecule has 0 saturated carbocycles. The number of fused-ring (bicyclic) bond motifs is 1. The maximum absolute atomic E-state index is 4.63. The third-order valence-electron chi connectivity index (χ3n) is 4.90. The molecule has 130 valence electrons. The van der Waals surface area contributed by atoms with E-state index in [0.717, 1.165) is 24.1 Å². The van der Waals surface area contributed by atoms with Crippen molar-refractivity contribution in [2.24, 2.45) is 0 Å². The molecular weight excluding hydrogens is 318 g/mol. The fourth-order valence-electron chi connectivity index (χ4n) is 3.59. The van der Waals surface area contributed by atoms with Gasteiger partial charge in [-0.3, -0.25) is 4.57 Å². The molecule has 3 heteroatoms. The summed E-state index contributed by atoms with van der Waals surface area (Å²) in [7, 11) is 0. The first-order valence-electron chi connectivity index (χ1n) is 9.19. The molecule has 0 aliphatic carbocycles. The largest absolute Gasteiger partial charge is 0.370 e. The summed E-state index contributed by atoms with van der Waals surface area (Å²) < 4.78 is 2.23. The quantitative estimate of drug-likeness (QED) is 0.475. The van der Waals surface area contributed by atoms with Crippen molar-refractivity contribution in [2.45, 2.75) is 13.8 Å². The molecule has 0 atom stereocenters. The summed E-state index contributed by atoms with van der Waals surface area (Å²) in [4.78, 5) is 7.03. The number of hydrogen-bond acceptors (Lipinski definition) is 2. The van der Waals surface area contributed by atoms with Crippen LogP contribution in [0.4, 0.5) is 5.69 Å². The summed E-state index contributed by atoms with van der Waals surface area (Å²) >= 11 is 0. The van der Waals surface area contributed by atoms with Gasteiger partial charge in [-0.25, -0.2) is 4.98 Å². The molecule has 0 radical (unpaired) electrons. The average molecular weight is 341 g/mol. The highest BCUT2D eigenvalue weighted by atomic mass is 15.2. The topological polar surface area (TPSA) is 21.1 Å². The number of imidazole rings is 1. The number of nitrogens with zero attached hydrogens (tertiary/aromatic N) is 3. The SMILES string of the molecule is CCN(CC)c1cccc(-c2ccccc2)c1-n1cnc2ccccc21. The fourth-order valence-corrected chi connectivity index (χ4v) is 3.59. The van der Waals surface area contributed by atoms with Crippen LogP contribution in [-0.2, 0) is 0 Å². The normalized spacial score (nSPS) is 11.0. The molecule has 0 N–H and O–H groups in total. The molecule has 1 heterocycles. The second-order valence-corrected chi connectivity index (χ2v) is 6.31. The number of anilines is 1. The number of benzene rings is 3. The van der Waals surface area contributed by atoms with Gasteiger partial charge in [0, 0.05) is 18.7 Å². The van der Waals surface area contributed by atoms with Gasteiger partial charge in [0.25, 0.3) is 0 Å². The Morgan fingerprint density at radius 2 is 1.54 bits per heavy atom. The van der Waals surface area contributed by atoms with Crippen LogP contribution in [0.5, 0.6) is 0 Å². The Morgan fingerprint density at radius 1 is 0.808 bits per heavy atom. The average Bonchev–Trinajstić information content (AvgIpc) is 3.13. The van der Waals surface area contributed by atoms with E-state index in [1.54, 1.807) is 0 Å². The molecule has 0 bridgehead atoms. The van der Waals surface area contributed by atoms with E-state index >= 15 is 0 Å². The van der Waals surface area contributed by atoms with Crippen LogP contribution in [0, 0.1) is 0 Å². The monoisotopic (exact) mass is 341 g/mol. The summed E-state index contributed by atoms with van der Waals surface area (Å²) in [5.74, 6) is 0. The van der Waals surface area contributed by atoms with Gasteiger partial charge < -0.3 is 4.90 Å². The van der Waals surface area contributed by atoms with E-state index in [1.165, 1.54) is 22.5 Å². The van der Waals surface area contributed by atoms with Crippen molar-refractivity contribution in [1.29, 1.82) is 0 Å². The van der Waals surface area contributed by atoms with E-state index in [1.807, 2.05) is 12.4 Å². The van der Waals surface area contributed by atoms with E-state index in [-0.39, 0.29) is 0 Å². The van der Waals surface area contributed by atoms with Crippen molar-refractivity contribution < 1.29 is 0 Å².